The Kier molecular flexibility index (Phi) is 4.84. The van der Waals surface area contributed by atoms with Crippen LogP contribution in [0.3, 0.4) is 0 Å². The maximum atomic E-state index is 12.6. The molecule has 26 heavy (non-hydrogen) atoms. The van der Waals surface area contributed by atoms with Crippen LogP contribution in [0.5, 0.6) is 5.75 Å². The topological polar surface area (TPSA) is 94.3 Å². The summed E-state index contributed by atoms with van der Waals surface area (Å²) in [6.45, 7) is 3.63. The number of aryl methyl sites for hydroxylation is 2. The minimum Gasteiger partial charge on any atom is -0.484 e. The van der Waals surface area contributed by atoms with Crippen LogP contribution in [0.1, 0.15) is 21.6 Å². The Morgan fingerprint density at radius 3 is 2.50 bits per heavy atom. The van der Waals surface area contributed by atoms with E-state index in [4.69, 9.17) is 10.5 Å². The highest BCUT2D eigenvalue weighted by atomic mass is 16.5. The Morgan fingerprint density at radius 1 is 1.08 bits per heavy atom. The van der Waals surface area contributed by atoms with Crippen molar-refractivity contribution in [2.75, 3.05) is 11.9 Å². The Labute approximate surface area is 151 Å². The van der Waals surface area contributed by atoms with Crippen molar-refractivity contribution in [2.45, 2.75) is 13.8 Å². The van der Waals surface area contributed by atoms with Crippen molar-refractivity contribution in [2.24, 2.45) is 5.73 Å². The molecule has 0 aliphatic rings. The highest BCUT2D eigenvalue weighted by Crippen LogP contribution is 2.20. The summed E-state index contributed by atoms with van der Waals surface area (Å²) in [5, 5.41) is 3.77. The summed E-state index contributed by atoms with van der Waals surface area (Å²) in [6.07, 6.45) is 0. The summed E-state index contributed by atoms with van der Waals surface area (Å²) in [5.74, 6) is -0.276. The molecule has 6 heteroatoms. The molecular weight excluding hydrogens is 330 g/mol. The average molecular weight is 349 g/mol. The summed E-state index contributed by atoms with van der Waals surface area (Å²) in [4.78, 5) is 27.9. The molecule has 1 aromatic heterocycles. The number of amides is 2. The molecule has 3 aromatic rings. The maximum Gasteiger partial charge on any atom is 0.257 e. The lowest BCUT2D eigenvalue weighted by Crippen LogP contribution is -2.20. The first-order chi connectivity index (χ1) is 12.4. The van der Waals surface area contributed by atoms with Gasteiger partial charge in [-0.25, -0.2) is 0 Å². The molecule has 3 rings (SSSR count). The summed E-state index contributed by atoms with van der Waals surface area (Å²) < 4.78 is 5.19. The van der Waals surface area contributed by atoms with Crippen LogP contribution in [0.25, 0.3) is 10.9 Å². The number of aromatic nitrogens is 1. The van der Waals surface area contributed by atoms with Gasteiger partial charge in [-0.2, -0.15) is 0 Å². The lowest BCUT2D eigenvalue weighted by atomic mass is 10.1. The molecule has 0 aliphatic heterocycles. The molecule has 0 atom stereocenters. The molecule has 0 saturated carbocycles. The van der Waals surface area contributed by atoms with Crippen LogP contribution in [0.4, 0.5) is 5.69 Å². The zero-order chi connectivity index (χ0) is 18.7. The lowest BCUT2D eigenvalue weighted by molar-refractivity contribution is -0.119. The van der Waals surface area contributed by atoms with E-state index in [-0.39, 0.29) is 12.5 Å². The fraction of sp³-hybridized carbons (Fsp3) is 0.150. The number of anilines is 1. The number of pyridine rings is 1. The highest BCUT2D eigenvalue weighted by Gasteiger charge is 2.12. The first-order valence-corrected chi connectivity index (χ1v) is 8.13. The smallest absolute Gasteiger partial charge is 0.257 e. The van der Waals surface area contributed by atoms with Crippen molar-refractivity contribution < 1.29 is 14.3 Å². The number of carbonyl (C=O) groups excluding carboxylic acids is 2. The number of nitrogens with zero attached hydrogens (tertiary/aromatic N) is 1. The lowest BCUT2D eigenvalue weighted by Gasteiger charge is -2.10. The van der Waals surface area contributed by atoms with E-state index in [0.717, 1.165) is 16.5 Å². The van der Waals surface area contributed by atoms with E-state index >= 15 is 0 Å². The second-order valence-electron chi connectivity index (χ2n) is 6.05. The van der Waals surface area contributed by atoms with E-state index in [0.29, 0.717) is 22.7 Å². The largest absolute Gasteiger partial charge is 0.484 e. The monoisotopic (exact) mass is 349 g/mol. The summed E-state index contributed by atoms with van der Waals surface area (Å²) >= 11 is 0. The van der Waals surface area contributed by atoms with Crippen molar-refractivity contribution >= 4 is 28.4 Å². The number of ether oxygens (including phenoxy) is 1. The second kappa shape index (κ2) is 7.23. The van der Waals surface area contributed by atoms with E-state index in [1.54, 1.807) is 24.3 Å². The Morgan fingerprint density at radius 2 is 1.81 bits per heavy atom. The molecule has 2 amide bonds. The minimum atomic E-state index is -0.545. The fourth-order valence-corrected chi connectivity index (χ4v) is 2.61. The number of nitrogens with two attached hydrogens (primary N) is 1. The van der Waals surface area contributed by atoms with Crippen molar-refractivity contribution in [3.05, 3.63) is 65.4 Å². The van der Waals surface area contributed by atoms with Gasteiger partial charge in [0.15, 0.2) is 6.61 Å². The number of nitrogens with one attached hydrogen (secondary N) is 1. The Hall–Kier alpha value is -3.41. The van der Waals surface area contributed by atoms with Crippen molar-refractivity contribution in [3.63, 3.8) is 0 Å². The molecule has 0 bridgehead atoms. The van der Waals surface area contributed by atoms with Gasteiger partial charge in [0.05, 0.1) is 16.8 Å². The molecule has 132 valence electrons. The van der Waals surface area contributed by atoms with Gasteiger partial charge in [-0.05, 0) is 56.3 Å². The second-order valence-corrected chi connectivity index (χ2v) is 6.05. The third-order valence-electron chi connectivity index (χ3n) is 3.90. The summed E-state index contributed by atoms with van der Waals surface area (Å²) in [6, 6.07) is 14.5. The van der Waals surface area contributed by atoms with Gasteiger partial charge in [-0.1, -0.05) is 11.6 Å². The number of rotatable bonds is 5. The van der Waals surface area contributed by atoms with E-state index < -0.39 is 5.91 Å². The van der Waals surface area contributed by atoms with Gasteiger partial charge < -0.3 is 15.8 Å². The SMILES string of the molecule is Cc1ccc2nc(C)c(C(=O)Nc3ccc(OCC(N)=O)cc3)cc2c1. The first-order valence-electron chi connectivity index (χ1n) is 8.13. The molecule has 0 saturated heterocycles. The molecule has 0 fully saturated rings. The van der Waals surface area contributed by atoms with Crippen LogP contribution < -0.4 is 15.8 Å². The van der Waals surface area contributed by atoms with Gasteiger partial charge in [-0.15, -0.1) is 0 Å². The predicted molar refractivity (Wildman–Crippen MR) is 100 cm³/mol. The zero-order valence-corrected chi connectivity index (χ0v) is 14.6. The van der Waals surface area contributed by atoms with Gasteiger partial charge in [0, 0.05) is 11.1 Å². The summed E-state index contributed by atoms with van der Waals surface area (Å²) in [7, 11) is 0. The first kappa shape index (κ1) is 17.4. The van der Waals surface area contributed by atoms with Gasteiger partial charge in [-0.3, -0.25) is 14.6 Å². The normalized spacial score (nSPS) is 10.5. The predicted octanol–water partition coefficient (Wildman–Crippen LogP) is 2.97. The van der Waals surface area contributed by atoms with E-state index in [1.807, 2.05) is 38.1 Å². The molecule has 0 spiro atoms. The van der Waals surface area contributed by atoms with E-state index in [1.165, 1.54) is 0 Å². The van der Waals surface area contributed by atoms with Gasteiger partial charge in [0.1, 0.15) is 5.75 Å². The van der Waals surface area contributed by atoms with Gasteiger partial charge in [0.25, 0.3) is 11.8 Å². The number of hydrogen-bond acceptors (Lipinski definition) is 4. The third-order valence-corrected chi connectivity index (χ3v) is 3.90. The molecule has 0 radical (unpaired) electrons. The zero-order valence-electron chi connectivity index (χ0n) is 14.6. The maximum absolute atomic E-state index is 12.6. The number of hydrogen-bond donors (Lipinski definition) is 2. The highest BCUT2D eigenvalue weighted by molar-refractivity contribution is 6.06. The standard InChI is InChI=1S/C20H19N3O3/c1-12-3-8-18-14(9-12)10-17(13(2)22-18)20(25)23-15-4-6-16(7-5-15)26-11-19(21)24/h3-10H,11H2,1-2H3,(H2,21,24)(H,23,25). The van der Waals surface area contributed by atoms with E-state index in [9.17, 15) is 9.59 Å². The third kappa shape index (κ3) is 3.97. The Balaban J connectivity index is 1.78. The fourth-order valence-electron chi connectivity index (χ4n) is 2.61. The van der Waals surface area contributed by atoms with E-state index in [2.05, 4.69) is 10.3 Å². The number of primary amides is 1. The molecule has 6 nitrogen and oxygen atoms in total. The van der Waals surface area contributed by atoms with Crippen molar-refractivity contribution in [1.29, 1.82) is 0 Å². The number of fused-ring (bicyclic) bond motifs is 1. The molecule has 1 heterocycles. The average Bonchev–Trinajstić information content (AvgIpc) is 2.60. The quantitative estimate of drug-likeness (QED) is 0.740. The van der Waals surface area contributed by atoms with Crippen LogP contribution in [-0.4, -0.2) is 23.4 Å². The van der Waals surface area contributed by atoms with Crippen LogP contribution in [-0.2, 0) is 4.79 Å². The van der Waals surface area contributed by atoms with Crippen molar-refractivity contribution in [1.82, 2.24) is 4.98 Å². The van der Waals surface area contributed by atoms with Crippen LogP contribution in [0.2, 0.25) is 0 Å². The van der Waals surface area contributed by atoms with Gasteiger partial charge in [0.2, 0.25) is 0 Å². The number of benzene rings is 2. The van der Waals surface area contributed by atoms with Crippen LogP contribution in [0, 0.1) is 13.8 Å². The minimum absolute atomic E-state index is 0.187. The van der Waals surface area contributed by atoms with Crippen LogP contribution >= 0.6 is 0 Å². The number of carbonyl (C=O) groups is 2. The molecule has 0 aliphatic carbocycles. The molecule has 2 aromatic carbocycles. The molecule has 3 N–H and O–H groups in total. The van der Waals surface area contributed by atoms with Crippen LogP contribution in [0.15, 0.2) is 48.5 Å². The summed E-state index contributed by atoms with van der Waals surface area (Å²) in [5.41, 5.74) is 8.82. The van der Waals surface area contributed by atoms with Gasteiger partial charge >= 0.3 is 0 Å². The molecule has 0 unspecified atom stereocenters. The molecular formula is C20H19N3O3. The Bertz CT molecular complexity index is 982. The van der Waals surface area contributed by atoms with Crippen molar-refractivity contribution in [3.8, 4) is 5.75 Å².